The number of thiazole rings is 1. The molecule has 2 heterocycles. The second kappa shape index (κ2) is 9.68. The molecule has 11 heteroatoms. The van der Waals surface area contributed by atoms with Crippen molar-refractivity contribution >= 4 is 39.1 Å². The van der Waals surface area contributed by atoms with Crippen LogP contribution in [0.3, 0.4) is 0 Å². The van der Waals surface area contributed by atoms with Crippen LogP contribution in [0.5, 0.6) is 22.7 Å². The Kier molecular flexibility index (Phi) is 7.02. The van der Waals surface area contributed by atoms with Crippen molar-refractivity contribution in [3.63, 3.8) is 0 Å². The lowest BCUT2D eigenvalue weighted by Crippen LogP contribution is -2.38. The van der Waals surface area contributed by atoms with E-state index in [1.165, 1.54) is 23.7 Å². The number of hydrogen-bond donors (Lipinski definition) is 2. The van der Waals surface area contributed by atoms with Crippen LogP contribution in [0.25, 0.3) is 10.2 Å². The number of amides is 1. The number of aliphatic hydroxyl groups is 1. The normalized spacial score (nSPS) is 11.9. The van der Waals surface area contributed by atoms with Crippen molar-refractivity contribution in [3.05, 3.63) is 29.5 Å². The van der Waals surface area contributed by atoms with Crippen LogP contribution in [-0.4, -0.2) is 51.8 Å². The van der Waals surface area contributed by atoms with Gasteiger partial charge in [0.25, 0.3) is 5.19 Å². The molecule has 0 aliphatic heterocycles. The highest BCUT2D eigenvalue weighted by Gasteiger charge is 2.14. The van der Waals surface area contributed by atoms with Gasteiger partial charge in [0.2, 0.25) is 17.7 Å². The van der Waals surface area contributed by atoms with Crippen molar-refractivity contribution in [3.8, 4) is 22.7 Å². The molecule has 0 aliphatic carbocycles. The number of aromatic nitrogens is 3. The lowest BCUT2D eigenvalue weighted by Gasteiger charge is -2.13. The Morgan fingerprint density at radius 1 is 1.28 bits per heavy atom. The Balaban J connectivity index is 1.63. The third-order valence-electron chi connectivity index (χ3n) is 3.56. The Hall–Kier alpha value is -2.69. The van der Waals surface area contributed by atoms with E-state index in [-0.39, 0.29) is 24.4 Å². The number of nitrogens with one attached hydrogen (secondary N) is 1. The number of carbonyl (C=O) groups is 1. The fourth-order valence-corrected chi connectivity index (χ4v) is 3.52. The van der Waals surface area contributed by atoms with E-state index in [0.717, 1.165) is 10.2 Å². The molecule has 29 heavy (non-hydrogen) atoms. The Morgan fingerprint density at radius 2 is 2.03 bits per heavy atom. The fourth-order valence-electron chi connectivity index (χ4n) is 2.30. The molecular formula is C18H19ClN4O5S. The third kappa shape index (κ3) is 5.43. The average Bonchev–Trinajstić information content (AvgIpc) is 3.13. The number of rotatable bonds is 9. The summed E-state index contributed by atoms with van der Waals surface area (Å²) in [5.74, 6) is 0.468. The van der Waals surface area contributed by atoms with Gasteiger partial charge in [-0.15, -0.1) is 0 Å². The first-order chi connectivity index (χ1) is 14.0. The monoisotopic (exact) mass is 438 g/mol. The first-order valence-corrected chi connectivity index (χ1v) is 9.94. The van der Waals surface area contributed by atoms with Gasteiger partial charge < -0.3 is 24.6 Å². The van der Waals surface area contributed by atoms with Gasteiger partial charge in [0.15, 0.2) is 0 Å². The van der Waals surface area contributed by atoms with Crippen molar-refractivity contribution in [2.75, 3.05) is 19.8 Å². The number of aliphatic hydroxyl groups excluding tert-OH is 1. The van der Waals surface area contributed by atoms with Crippen LogP contribution in [0.1, 0.15) is 13.8 Å². The zero-order valence-corrected chi connectivity index (χ0v) is 17.3. The number of benzene rings is 1. The molecule has 0 radical (unpaired) electrons. The van der Waals surface area contributed by atoms with Crippen LogP contribution >= 0.6 is 22.9 Å². The predicted molar refractivity (Wildman–Crippen MR) is 108 cm³/mol. The summed E-state index contributed by atoms with van der Waals surface area (Å²) in [6.45, 7) is 3.76. The summed E-state index contributed by atoms with van der Waals surface area (Å²) >= 11 is 7.78. The molecule has 154 valence electrons. The Morgan fingerprint density at radius 3 is 2.72 bits per heavy atom. The maximum Gasteiger partial charge on any atom is 0.274 e. The van der Waals surface area contributed by atoms with Crippen molar-refractivity contribution < 1.29 is 24.1 Å². The van der Waals surface area contributed by atoms with Gasteiger partial charge in [0.05, 0.1) is 35.3 Å². The summed E-state index contributed by atoms with van der Waals surface area (Å²) in [6, 6.07) is 3.21. The van der Waals surface area contributed by atoms with Gasteiger partial charge in [0.1, 0.15) is 24.0 Å². The van der Waals surface area contributed by atoms with Gasteiger partial charge in [-0.05, 0) is 26.0 Å². The van der Waals surface area contributed by atoms with Gasteiger partial charge in [-0.2, -0.15) is 0 Å². The van der Waals surface area contributed by atoms with Crippen LogP contribution in [0, 0.1) is 0 Å². The first-order valence-electron chi connectivity index (χ1n) is 8.75. The van der Waals surface area contributed by atoms with Crippen molar-refractivity contribution in [1.29, 1.82) is 0 Å². The predicted octanol–water partition coefficient (Wildman–Crippen LogP) is 2.81. The largest absolute Gasteiger partial charge is 0.474 e. The minimum Gasteiger partial charge on any atom is -0.474 e. The molecule has 1 unspecified atom stereocenters. The molecule has 1 atom stereocenters. The van der Waals surface area contributed by atoms with Gasteiger partial charge in [-0.25, -0.2) is 15.0 Å². The number of halogens is 1. The smallest absolute Gasteiger partial charge is 0.274 e. The number of ether oxygens (including phenoxy) is 3. The molecule has 0 bridgehead atoms. The van der Waals surface area contributed by atoms with Crippen LogP contribution < -0.4 is 19.5 Å². The fraction of sp³-hybridized carbons (Fsp3) is 0.333. The molecule has 0 fully saturated rings. The highest BCUT2D eigenvalue weighted by molar-refractivity contribution is 7.20. The van der Waals surface area contributed by atoms with Crippen molar-refractivity contribution in [1.82, 2.24) is 20.3 Å². The molecule has 0 aliphatic rings. The SMILES string of the molecule is CCOc1nc2ccc(Oc3cnc(OCC(C)NC(=O)CO)cn3)c(Cl)c2s1. The van der Waals surface area contributed by atoms with Crippen molar-refractivity contribution in [2.24, 2.45) is 0 Å². The highest BCUT2D eigenvalue weighted by atomic mass is 35.5. The van der Waals surface area contributed by atoms with Crippen LogP contribution in [0.15, 0.2) is 24.5 Å². The summed E-state index contributed by atoms with van der Waals surface area (Å²) in [5, 5.41) is 12.2. The van der Waals surface area contributed by atoms with Crippen LogP contribution in [0.2, 0.25) is 5.02 Å². The summed E-state index contributed by atoms with van der Waals surface area (Å²) in [6.07, 6.45) is 2.81. The summed E-state index contributed by atoms with van der Waals surface area (Å²) in [4.78, 5) is 23.7. The van der Waals surface area contributed by atoms with Gasteiger partial charge >= 0.3 is 0 Å². The van der Waals surface area contributed by atoms with E-state index in [1.807, 2.05) is 6.92 Å². The molecule has 2 aromatic heterocycles. The Labute approximate surface area is 175 Å². The summed E-state index contributed by atoms with van der Waals surface area (Å²) in [5.41, 5.74) is 0.730. The van der Waals surface area contributed by atoms with E-state index >= 15 is 0 Å². The van der Waals surface area contributed by atoms with Gasteiger partial charge in [-0.3, -0.25) is 4.79 Å². The zero-order chi connectivity index (χ0) is 20.8. The van der Waals surface area contributed by atoms with E-state index in [2.05, 4.69) is 20.3 Å². The lowest BCUT2D eigenvalue weighted by molar-refractivity contribution is -0.124. The molecule has 0 spiro atoms. The molecule has 2 N–H and O–H groups in total. The van der Waals surface area contributed by atoms with E-state index < -0.39 is 12.5 Å². The van der Waals surface area contributed by atoms with Gasteiger partial charge in [0, 0.05) is 0 Å². The molecule has 0 saturated carbocycles. The van der Waals surface area contributed by atoms with Gasteiger partial charge in [-0.1, -0.05) is 22.9 Å². The Bertz CT molecular complexity index is 982. The zero-order valence-electron chi connectivity index (χ0n) is 15.7. The average molecular weight is 439 g/mol. The molecule has 0 saturated heterocycles. The molecule has 1 aromatic carbocycles. The molecule has 3 rings (SSSR count). The van der Waals surface area contributed by atoms with Crippen molar-refractivity contribution in [2.45, 2.75) is 19.9 Å². The number of hydrogen-bond acceptors (Lipinski definition) is 9. The first kappa shape index (κ1) is 21.0. The number of fused-ring (bicyclic) bond motifs is 1. The van der Waals surface area contributed by atoms with Crippen LogP contribution in [0.4, 0.5) is 0 Å². The second-order valence-electron chi connectivity index (χ2n) is 5.87. The number of carbonyl (C=O) groups excluding carboxylic acids is 1. The number of nitrogens with zero attached hydrogens (tertiary/aromatic N) is 3. The lowest BCUT2D eigenvalue weighted by atomic mass is 10.3. The summed E-state index contributed by atoms with van der Waals surface area (Å²) < 4.78 is 17.4. The molecule has 9 nitrogen and oxygen atoms in total. The molecule has 3 aromatic rings. The van der Waals surface area contributed by atoms with E-state index in [4.69, 9.17) is 30.9 Å². The highest BCUT2D eigenvalue weighted by Crippen LogP contribution is 2.40. The maximum absolute atomic E-state index is 11.1. The molecule has 1 amide bonds. The quantitative estimate of drug-likeness (QED) is 0.524. The van der Waals surface area contributed by atoms with Crippen LogP contribution in [-0.2, 0) is 4.79 Å². The second-order valence-corrected chi connectivity index (χ2v) is 7.21. The minimum absolute atomic E-state index is 0.177. The van der Waals surface area contributed by atoms with E-state index in [1.54, 1.807) is 19.1 Å². The summed E-state index contributed by atoms with van der Waals surface area (Å²) in [7, 11) is 0. The molecular weight excluding hydrogens is 420 g/mol. The van der Waals surface area contributed by atoms with E-state index in [0.29, 0.717) is 22.6 Å². The maximum atomic E-state index is 11.1. The topological polar surface area (TPSA) is 116 Å². The third-order valence-corrected chi connectivity index (χ3v) is 5.05. The standard InChI is InChI=1S/C18H19ClN4O5S/c1-3-26-18-23-11-4-5-12(16(19)17(11)29-18)28-15-7-20-14(6-21-15)27-9-10(2)22-13(25)8-24/h4-7,10,24H,3,8-9H2,1-2H3,(H,22,25). The minimum atomic E-state index is -0.570. The van der Waals surface area contributed by atoms with E-state index in [9.17, 15) is 4.79 Å².